The number of amides is 1. The third kappa shape index (κ3) is 5.38. The zero-order chi connectivity index (χ0) is 16.2. The molecule has 8 nitrogen and oxygen atoms in total. The average molecular weight is 335 g/mol. The standard InChI is InChI=1S/C11H17N3O5S2/c1-6(2)8-9(20-14-13-8)10(15)12-7(11(16)17)4-5-21(3,18)19/h6-7H,4-5H2,1-3H3,(H,12,15)(H,16,17). The molecule has 0 aliphatic heterocycles. The van der Waals surface area contributed by atoms with Crippen LogP contribution in [0.1, 0.15) is 41.6 Å². The number of hydrogen-bond acceptors (Lipinski definition) is 7. The maximum Gasteiger partial charge on any atom is 0.326 e. The van der Waals surface area contributed by atoms with Gasteiger partial charge in [-0.05, 0) is 23.9 Å². The Morgan fingerprint density at radius 2 is 2.00 bits per heavy atom. The van der Waals surface area contributed by atoms with Crippen LogP contribution in [0.2, 0.25) is 0 Å². The van der Waals surface area contributed by atoms with Crippen LogP contribution in [-0.4, -0.2) is 53.0 Å². The smallest absolute Gasteiger partial charge is 0.326 e. The quantitative estimate of drug-likeness (QED) is 0.732. The summed E-state index contributed by atoms with van der Waals surface area (Å²) in [6, 6.07) is -1.27. The summed E-state index contributed by atoms with van der Waals surface area (Å²) in [6.07, 6.45) is 0.820. The molecule has 1 atom stereocenters. The molecular formula is C11H17N3O5S2. The molecular weight excluding hydrogens is 318 g/mol. The van der Waals surface area contributed by atoms with Crippen molar-refractivity contribution in [3.63, 3.8) is 0 Å². The van der Waals surface area contributed by atoms with Crippen LogP contribution >= 0.6 is 11.5 Å². The van der Waals surface area contributed by atoms with Crippen molar-refractivity contribution in [1.82, 2.24) is 14.9 Å². The third-order valence-electron chi connectivity index (χ3n) is 2.65. The second-order valence-electron chi connectivity index (χ2n) is 4.92. The molecule has 10 heteroatoms. The highest BCUT2D eigenvalue weighted by Crippen LogP contribution is 2.19. The fraction of sp³-hybridized carbons (Fsp3) is 0.636. The largest absolute Gasteiger partial charge is 0.480 e. The summed E-state index contributed by atoms with van der Waals surface area (Å²) in [5.74, 6) is -2.23. The lowest BCUT2D eigenvalue weighted by molar-refractivity contribution is -0.139. The highest BCUT2D eigenvalue weighted by Gasteiger charge is 2.25. The van der Waals surface area contributed by atoms with E-state index in [4.69, 9.17) is 5.11 Å². The molecule has 1 aromatic rings. The Morgan fingerprint density at radius 3 is 2.48 bits per heavy atom. The zero-order valence-corrected chi connectivity index (χ0v) is 13.5. The minimum Gasteiger partial charge on any atom is -0.480 e. The SMILES string of the molecule is CC(C)c1nnsc1C(=O)NC(CCS(C)(=O)=O)C(=O)O. The van der Waals surface area contributed by atoms with Crippen LogP contribution in [-0.2, 0) is 14.6 Å². The number of aromatic nitrogens is 2. The summed E-state index contributed by atoms with van der Waals surface area (Å²) in [4.78, 5) is 23.4. The van der Waals surface area contributed by atoms with Crippen LogP contribution in [0.25, 0.3) is 0 Å². The van der Waals surface area contributed by atoms with E-state index in [1.807, 2.05) is 13.8 Å². The van der Waals surface area contributed by atoms with Gasteiger partial charge in [0.15, 0.2) is 0 Å². The van der Waals surface area contributed by atoms with Gasteiger partial charge in [-0.3, -0.25) is 4.79 Å². The van der Waals surface area contributed by atoms with Crippen LogP contribution in [0.15, 0.2) is 0 Å². The van der Waals surface area contributed by atoms with Gasteiger partial charge in [0, 0.05) is 6.26 Å². The molecule has 1 rings (SSSR count). The van der Waals surface area contributed by atoms with E-state index < -0.39 is 27.8 Å². The first-order valence-corrected chi connectivity index (χ1v) is 8.99. The number of carboxylic acids is 1. The molecule has 0 bridgehead atoms. The number of carbonyl (C=O) groups is 2. The van der Waals surface area contributed by atoms with Gasteiger partial charge >= 0.3 is 5.97 Å². The Morgan fingerprint density at radius 1 is 1.38 bits per heavy atom. The van der Waals surface area contributed by atoms with Crippen molar-refractivity contribution in [2.45, 2.75) is 32.2 Å². The molecule has 0 spiro atoms. The molecule has 1 amide bonds. The van der Waals surface area contributed by atoms with Crippen LogP contribution in [0.3, 0.4) is 0 Å². The number of nitrogens with one attached hydrogen (secondary N) is 1. The van der Waals surface area contributed by atoms with Crippen LogP contribution in [0.5, 0.6) is 0 Å². The maximum absolute atomic E-state index is 12.1. The van der Waals surface area contributed by atoms with Crippen molar-refractivity contribution >= 4 is 33.2 Å². The normalized spacial score (nSPS) is 13.1. The second-order valence-corrected chi connectivity index (χ2v) is 7.94. The number of aliphatic carboxylic acids is 1. The Balaban J connectivity index is 2.82. The summed E-state index contributed by atoms with van der Waals surface area (Å²) in [5.41, 5.74) is 0.491. The van der Waals surface area contributed by atoms with E-state index in [0.717, 1.165) is 17.8 Å². The second kappa shape index (κ2) is 6.94. The van der Waals surface area contributed by atoms with Crippen molar-refractivity contribution < 1.29 is 23.1 Å². The van der Waals surface area contributed by atoms with Crippen molar-refractivity contribution in [2.24, 2.45) is 0 Å². The Bertz CT molecular complexity index is 624. The predicted octanol–water partition coefficient (Wildman–Crippen LogP) is 0.279. The molecule has 0 aromatic carbocycles. The van der Waals surface area contributed by atoms with E-state index in [9.17, 15) is 18.0 Å². The van der Waals surface area contributed by atoms with E-state index >= 15 is 0 Å². The van der Waals surface area contributed by atoms with Crippen molar-refractivity contribution in [3.8, 4) is 0 Å². The fourth-order valence-corrected chi connectivity index (χ4v) is 2.93. The van der Waals surface area contributed by atoms with E-state index in [2.05, 4.69) is 14.9 Å². The molecule has 0 aliphatic carbocycles. The van der Waals surface area contributed by atoms with E-state index in [-0.39, 0.29) is 23.0 Å². The lowest BCUT2D eigenvalue weighted by Crippen LogP contribution is -2.42. The third-order valence-corrected chi connectivity index (χ3v) is 4.36. The molecule has 118 valence electrons. The van der Waals surface area contributed by atoms with Gasteiger partial charge in [0.1, 0.15) is 20.8 Å². The molecule has 0 saturated carbocycles. The van der Waals surface area contributed by atoms with Crippen molar-refractivity contribution in [1.29, 1.82) is 0 Å². The summed E-state index contributed by atoms with van der Waals surface area (Å²) in [6.45, 7) is 3.68. The van der Waals surface area contributed by atoms with E-state index in [1.165, 1.54) is 0 Å². The topological polar surface area (TPSA) is 126 Å². The van der Waals surface area contributed by atoms with Gasteiger partial charge in [-0.1, -0.05) is 18.3 Å². The van der Waals surface area contributed by atoms with Crippen molar-refractivity contribution in [3.05, 3.63) is 10.6 Å². The van der Waals surface area contributed by atoms with Gasteiger partial charge in [0.05, 0.1) is 11.4 Å². The minimum absolute atomic E-state index is 0.0243. The molecule has 2 N–H and O–H groups in total. The van der Waals surface area contributed by atoms with Crippen molar-refractivity contribution in [2.75, 3.05) is 12.0 Å². The first-order chi connectivity index (χ1) is 9.61. The number of rotatable bonds is 7. The number of carboxylic acid groups (broad SMARTS) is 1. The van der Waals surface area contributed by atoms with Gasteiger partial charge in [-0.15, -0.1) is 5.10 Å². The van der Waals surface area contributed by atoms with E-state index in [0.29, 0.717) is 5.69 Å². The van der Waals surface area contributed by atoms with Crippen LogP contribution < -0.4 is 5.32 Å². The Hall–Kier alpha value is -1.55. The maximum atomic E-state index is 12.1. The first-order valence-electron chi connectivity index (χ1n) is 6.15. The highest BCUT2D eigenvalue weighted by atomic mass is 32.2. The van der Waals surface area contributed by atoms with Gasteiger partial charge < -0.3 is 10.4 Å². The molecule has 0 radical (unpaired) electrons. The minimum atomic E-state index is -3.30. The molecule has 21 heavy (non-hydrogen) atoms. The Labute approximate surface area is 126 Å². The number of nitrogens with zero attached hydrogens (tertiary/aromatic N) is 2. The zero-order valence-electron chi connectivity index (χ0n) is 11.9. The Kier molecular flexibility index (Phi) is 5.78. The summed E-state index contributed by atoms with van der Waals surface area (Å²) >= 11 is 0.879. The summed E-state index contributed by atoms with van der Waals surface area (Å²) < 4.78 is 25.9. The molecule has 1 aromatic heterocycles. The number of hydrogen-bond donors (Lipinski definition) is 2. The predicted molar refractivity (Wildman–Crippen MR) is 77.2 cm³/mol. The molecule has 0 saturated heterocycles. The van der Waals surface area contributed by atoms with E-state index in [1.54, 1.807) is 0 Å². The average Bonchev–Trinajstić information content (AvgIpc) is 2.81. The molecule has 1 unspecified atom stereocenters. The summed E-state index contributed by atoms with van der Waals surface area (Å²) in [7, 11) is -3.30. The lowest BCUT2D eigenvalue weighted by atomic mass is 10.1. The van der Waals surface area contributed by atoms with Crippen LogP contribution in [0, 0.1) is 0 Å². The monoisotopic (exact) mass is 335 g/mol. The van der Waals surface area contributed by atoms with Gasteiger partial charge in [-0.25, -0.2) is 13.2 Å². The first kappa shape index (κ1) is 17.5. The van der Waals surface area contributed by atoms with Gasteiger partial charge in [0.25, 0.3) is 5.91 Å². The highest BCUT2D eigenvalue weighted by molar-refractivity contribution is 7.90. The molecule has 0 aliphatic rings. The molecule has 0 fully saturated rings. The summed E-state index contributed by atoms with van der Waals surface area (Å²) in [5, 5.41) is 15.2. The number of carbonyl (C=O) groups excluding carboxylic acids is 1. The van der Waals surface area contributed by atoms with Crippen LogP contribution in [0.4, 0.5) is 0 Å². The number of sulfone groups is 1. The van der Waals surface area contributed by atoms with Gasteiger partial charge in [0.2, 0.25) is 0 Å². The van der Waals surface area contributed by atoms with Gasteiger partial charge in [-0.2, -0.15) is 0 Å². The molecule has 1 heterocycles. The fourth-order valence-electron chi connectivity index (χ4n) is 1.55. The lowest BCUT2D eigenvalue weighted by Gasteiger charge is -2.13.